The van der Waals surface area contributed by atoms with Crippen LogP contribution in [0.1, 0.15) is 12.0 Å². The Bertz CT molecular complexity index is 399. The Morgan fingerprint density at radius 1 is 1.44 bits per heavy atom. The van der Waals surface area contributed by atoms with Gasteiger partial charge in [0, 0.05) is 11.3 Å². The third kappa shape index (κ3) is 3.31. The van der Waals surface area contributed by atoms with E-state index in [2.05, 4.69) is 4.74 Å². The molecule has 4 heteroatoms. The maximum absolute atomic E-state index is 10.9. The standard InChI is InChI=1S/C12H15NO3/c1-15-11-7-6-10(13)8-9(11)4-3-5-12(14)16-2/h3-4,6-8H,5,13H2,1-2H3. The first kappa shape index (κ1) is 12.1. The first-order valence-corrected chi connectivity index (χ1v) is 4.84. The highest BCUT2D eigenvalue weighted by atomic mass is 16.5. The summed E-state index contributed by atoms with van der Waals surface area (Å²) in [4.78, 5) is 10.9. The van der Waals surface area contributed by atoms with Crippen molar-refractivity contribution in [3.8, 4) is 5.75 Å². The number of anilines is 1. The molecule has 0 aliphatic carbocycles. The van der Waals surface area contributed by atoms with Crippen LogP contribution in [0.15, 0.2) is 24.3 Å². The molecule has 16 heavy (non-hydrogen) atoms. The number of rotatable bonds is 4. The second-order valence-corrected chi connectivity index (χ2v) is 3.18. The molecule has 0 spiro atoms. The Labute approximate surface area is 94.7 Å². The van der Waals surface area contributed by atoms with Gasteiger partial charge in [-0.05, 0) is 18.2 Å². The van der Waals surface area contributed by atoms with Crippen LogP contribution in [0.3, 0.4) is 0 Å². The highest BCUT2D eigenvalue weighted by Gasteiger charge is 2.00. The number of hydrogen-bond donors (Lipinski definition) is 1. The van der Waals surface area contributed by atoms with Crippen molar-refractivity contribution in [1.29, 1.82) is 0 Å². The van der Waals surface area contributed by atoms with E-state index in [-0.39, 0.29) is 12.4 Å². The van der Waals surface area contributed by atoms with Crippen LogP contribution in [0, 0.1) is 0 Å². The monoisotopic (exact) mass is 221 g/mol. The zero-order valence-corrected chi connectivity index (χ0v) is 9.40. The number of ether oxygens (including phenoxy) is 2. The van der Waals surface area contributed by atoms with Crippen molar-refractivity contribution in [3.05, 3.63) is 29.8 Å². The Morgan fingerprint density at radius 3 is 2.81 bits per heavy atom. The van der Waals surface area contributed by atoms with Crippen molar-refractivity contribution in [2.45, 2.75) is 6.42 Å². The highest BCUT2D eigenvalue weighted by Crippen LogP contribution is 2.22. The number of carbonyl (C=O) groups is 1. The fraction of sp³-hybridized carbons (Fsp3) is 0.250. The van der Waals surface area contributed by atoms with E-state index < -0.39 is 0 Å². The number of carbonyl (C=O) groups excluding carboxylic acids is 1. The fourth-order valence-corrected chi connectivity index (χ4v) is 1.25. The lowest BCUT2D eigenvalue weighted by molar-refractivity contribution is -0.139. The average molecular weight is 221 g/mol. The predicted octanol–water partition coefficient (Wildman–Crippen LogP) is 1.85. The first-order valence-electron chi connectivity index (χ1n) is 4.84. The SMILES string of the molecule is COC(=O)CC=Cc1cc(N)ccc1OC. The van der Waals surface area contributed by atoms with Gasteiger partial charge in [-0.15, -0.1) is 0 Å². The normalized spacial score (nSPS) is 10.4. The Kier molecular flexibility index (Phi) is 4.39. The van der Waals surface area contributed by atoms with E-state index in [0.29, 0.717) is 5.69 Å². The van der Waals surface area contributed by atoms with Gasteiger partial charge in [0.05, 0.1) is 20.6 Å². The summed E-state index contributed by atoms with van der Waals surface area (Å²) >= 11 is 0. The lowest BCUT2D eigenvalue weighted by atomic mass is 10.1. The quantitative estimate of drug-likeness (QED) is 0.622. The van der Waals surface area contributed by atoms with E-state index in [4.69, 9.17) is 10.5 Å². The van der Waals surface area contributed by atoms with Gasteiger partial charge >= 0.3 is 5.97 Å². The van der Waals surface area contributed by atoms with Crippen LogP contribution in [0.5, 0.6) is 5.75 Å². The molecule has 1 aromatic rings. The molecule has 0 aliphatic rings. The van der Waals surface area contributed by atoms with Gasteiger partial charge in [-0.1, -0.05) is 12.2 Å². The molecule has 0 amide bonds. The molecule has 86 valence electrons. The van der Waals surface area contributed by atoms with E-state index in [1.165, 1.54) is 7.11 Å². The molecule has 1 rings (SSSR count). The molecule has 0 aromatic heterocycles. The van der Waals surface area contributed by atoms with E-state index in [1.807, 2.05) is 0 Å². The summed E-state index contributed by atoms with van der Waals surface area (Å²) in [5.74, 6) is 0.439. The van der Waals surface area contributed by atoms with Gasteiger partial charge in [-0.2, -0.15) is 0 Å². The summed E-state index contributed by atoms with van der Waals surface area (Å²) in [7, 11) is 2.94. The molecule has 0 bridgehead atoms. The topological polar surface area (TPSA) is 61.5 Å². The van der Waals surface area contributed by atoms with Crippen molar-refractivity contribution in [3.63, 3.8) is 0 Å². The van der Waals surface area contributed by atoms with Crippen LogP contribution in [0.2, 0.25) is 0 Å². The molecule has 0 atom stereocenters. The molecule has 0 aliphatic heterocycles. The number of esters is 1. The molecular formula is C12H15NO3. The summed E-state index contributed by atoms with van der Waals surface area (Å²) in [6.45, 7) is 0. The lowest BCUT2D eigenvalue weighted by Crippen LogP contribution is -1.96. The smallest absolute Gasteiger partial charge is 0.309 e. The molecule has 0 saturated carbocycles. The largest absolute Gasteiger partial charge is 0.496 e. The van der Waals surface area contributed by atoms with Crippen molar-refractivity contribution in [2.24, 2.45) is 0 Å². The van der Waals surface area contributed by atoms with Crippen molar-refractivity contribution >= 4 is 17.7 Å². The maximum atomic E-state index is 10.9. The second kappa shape index (κ2) is 5.80. The highest BCUT2D eigenvalue weighted by molar-refractivity contribution is 5.73. The van der Waals surface area contributed by atoms with Crippen LogP contribution in [0.25, 0.3) is 6.08 Å². The third-order valence-corrected chi connectivity index (χ3v) is 2.06. The first-order chi connectivity index (χ1) is 7.67. The van der Waals surface area contributed by atoms with Crippen LogP contribution in [-0.2, 0) is 9.53 Å². The maximum Gasteiger partial charge on any atom is 0.309 e. The zero-order valence-electron chi connectivity index (χ0n) is 9.40. The van der Waals surface area contributed by atoms with Gasteiger partial charge in [0.1, 0.15) is 5.75 Å². The minimum absolute atomic E-state index is 0.231. The van der Waals surface area contributed by atoms with Crippen molar-refractivity contribution in [1.82, 2.24) is 0 Å². The minimum atomic E-state index is -0.279. The Morgan fingerprint density at radius 2 is 2.19 bits per heavy atom. The van der Waals surface area contributed by atoms with Gasteiger partial charge in [0.2, 0.25) is 0 Å². The number of hydrogen-bond acceptors (Lipinski definition) is 4. The summed E-state index contributed by atoms with van der Waals surface area (Å²) < 4.78 is 9.68. The van der Waals surface area contributed by atoms with E-state index in [1.54, 1.807) is 37.5 Å². The zero-order chi connectivity index (χ0) is 12.0. The summed E-state index contributed by atoms with van der Waals surface area (Å²) in [5.41, 5.74) is 7.15. The third-order valence-electron chi connectivity index (χ3n) is 2.06. The number of methoxy groups -OCH3 is 2. The molecule has 0 unspecified atom stereocenters. The summed E-state index contributed by atoms with van der Waals surface area (Å²) in [5, 5.41) is 0. The van der Waals surface area contributed by atoms with Crippen LogP contribution in [0.4, 0.5) is 5.69 Å². The van der Waals surface area contributed by atoms with Crippen LogP contribution >= 0.6 is 0 Å². The summed E-state index contributed by atoms with van der Waals surface area (Å²) in [6, 6.07) is 5.33. The average Bonchev–Trinajstić information content (AvgIpc) is 2.29. The van der Waals surface area contributed by atoms with Crippen molar-refractivity contribution < 1.29 is 14.3 Å². The van der Waals surface area contributed by atoms with Gasteiger partial charge in [-0.25, -0.2) is 0 Å². The van der Waals surface area contributed by atoms with Gasteiger partial charge in [-0.3, -0.25) is 4.79 Å². The number of benzene rings is 1. The Balaban J connectivity index is 2.79. The molecule has 2 N–H and O–H groups in total. The van der Waals surface area contributed by atoms with Gasteiger partial charge in [0.25, 0.3) is 0 Å². The molecule has 1 aromatic carbocycles. The molecule has 4 nitrogen and oxygen atoms in total. The predicted molar refractivity (Wildman–Crippen MR) is 63.1 cm³/mol. The van der Waals surface area contributed by atoms with E-state index in [9.17, 15) is 4.79 Å². The second-order valence-electron chi connectivity index (χ2n) is 3.18. The minimum Gasteiger partial charge on any atom is -0.496 e. The molecule has 0 heterocycles. The van der Waals surface area contributed by atoms with Crippen LogP contribution in [-0.4, -0.2) is 20.2 Å². The number of nitrogen functional groups attached to an aromatic ring is 1. The van der Waals surface area contributed by atoms with Crippen LogP contribution < -0.4 is 10.5 Å². The molecular weight excluding hydrogens is 206 g/mol. The van der Waals surface area contributed by atoms with E-state index in [0.717, 1.165) is 11.3 Å². The molecule has 0 fully saturated rings. The number of nitrogens with two attached hydrogens (primary N) is 1. The fourth-order valence-electron chi connectivity index (χ4n) is 1.25. The summed E-state index contributed by atoms with van der Waals surface area (Å²) in [6.07, 6.45) is 3.73. The van der Waals surface area contributed by atoms with E-state index >= 15 is 0 Å². The van der Waals surface area contributed by atoms with Crippen molar-refractivity contribution in [2.75, 3.05) is 20.0 Å². The van der Waals surface area contributed by atoms with Gasteiger partial charge < -0.3 is 15.2 Å². The Hall–Kier alpha value is -1.97. The van der Waals surface area contributed by atoms with Gasteiger partial charge in [0.15, 0.2) is 0 Å². The molecule has 0 radical (unpaired) electrons. The molecule has 0 saturated heterocycles. The lowest BCUT2D eigenvalue weighted by Gasteiger charge is -2.05.